The van der Waals surface area contributed by atoms with Gasteiger partial charge in [0.05, 0.1) is 0 Å². The van der Waals surface area contributed by atoms with Gasteiger partial charge in [0, 0.05) is 19.1 Å². The molecular weight excluding hydrogens is 274 g/mol. The highest BCUT2D eigenvalue weighted by atomic mass is 16.2. The SMILES string of the molecule is CC1(C)C2CCC1(C)C(NC(=O)NCCN1CCCCC1)C2. The number of carbonyl (C=O) groups excluding carboxylic acids is 1. The summed E-state index contributed by atoms with van der Waals surface area (Å²) in [6, 6.07) is 0.378. The van der Waals surface area contributed by atoms with Crippen LogP contribution in [-0.2, 0) is 0 Å². The van der Waals surface area contributed by atoms with Crippen LogP contribution in [0.3, 0.4) is 0 Å². The molecule has 126 valence electrons. The van der Waals surface area contributed by atoms with Crippen LogP contribution in [0.15, 0.2) is 0 Å². The number of hydrogen-bond acceptors (Lipinski definition) is 2. The van der Waals surface area contributed by atoms with Crippen molar-refractivity contribution >= 4 is 6.03 Å². The maximum atomic E-state index is 12.2. The first kappa shape index (κ1) is 16.1. The lowest BCUT2D eigenvalue weighted by atomic mass is 9.69. The standard InChI is InChI=1S/C18H33N3O/c1-17(2)14-7-8-18(17,3)15(13-14)20-16(22)19-9-12-21-10-5-4-6-11-21/h14-15H,4-13H2,1-3H3,(H2,19,20,22). The Hall–Kier alpha value is -0.770. The van der Waals surface area contributed by atoms with E-state index in [1.165, 1.54) is 45.2 Å². The summed E-state index contributed by atoms with van der Waals surface area (Å²) in [7, 11) is 0. The first-order valence-electron chi connectivity index (χ1n) is 9.20. The molecule has 4 heteroatoms. The fraction of sp³-hybridized carbons (Fsp3) is 0.944. The molecule has 1 aliphatic heterocycles. The van der Waals surface area contributed by atoms with Gasteiger partial charge in [0.15, 0.2) is 0 Å². The average molecular weight is 307 g/mol. The molecule has 3 rings (SSSR count). The van der Waals surface area contributed by atoms with Gasteiger partial charge in [-0.2, -0.15) is 0 Å². The summed E-state index contributed by atoms with van der Waals surface area (Å²) >= 11 is 0. The van der Waals surface area contributed by atoms with E-state index in [1.807, 2.05) is 0 Å². The molecule has 0 spiro atoms. The van der Waals surface area contributed by atoms with Gasteiger partial charge in [0.25, 0.3) is 0 Å². The molecule has 0 aromatic rings. The number of fused-ring (bicyclic) bond motifs is 2. The molecule has 2 aliphatic carbocycles. The van der Waals surface area contributed by atoms with Crippen molar-refractivity contribution in [2.24, 2.45) is 16.7 Å². The van der Waals surface area contributed by atoms with Gasteiger partial charge in [0.2, 0.25) is 0 Å². The third-order valence-electron chi connectivity index (χ3n) is 7.26. The second-order valence-corrected chi connectivity index (χ2v) is 8.47. The van der Waals surface area contributed by atoms with Gasteiger partial charge in [-0.1, -0.05) is 27.2 Å². The number of nitrogens with zero attached hydrogens (tertiary/aromatic N) is 1. The van der Waals surface area contributed by atoms with Crippen molar-refractivity contribution in [2.75, 3.05) is 26.2 Å². The summed E-state index contributed by atoms with van der Waals surface area (Å²) < 4.78 is 0. The number of rotatable bonds is 4. The van der Waals surface area contributed by atoms with Crippen LogP contribution in [0, 0.1) is 16.7 Å². The molecule has 0 aromatic heterocycles. The fourth-order valence-corrected chi connectivity index (χ4v) is 5.14. The molecule has 3 aliphatic rings. The number of nitrogens with one attached hydrogen (secondary N) is 2. The second-order valence-electron chi connectivity index (χ2n) is 8.47. The normalized spacial score (nSPS) is 37.2. The van der Waals surface area contributed by atoms with E-state index in [9.17, 15) is 4.79 Å². The Kier molecular flexibility index (Phi) is 4.41. The van der Waals surface area contributed by atoms with Crippen molar-refractivity contribution < 1.29 is 4.79 Å². The van der Waals surface area contributed by atoms with E-state index in [4.69, 9.17) is 0 Å². The van der Waals surface area contributed by atoms with Gasteiger partial charge in [0.1, 0.15) is 0 Å². The first-order chi connectivity index (χ1) is 10.4. The number of urea groups is 1. The van der Waals surface area contributed by atoms with Gasteiger partial charge < -0.3 is 15.5 Å². The molecule has 3 atom stereocenters. The lowest BCUT2D eigenvalue weighted by Crippen LogP contribution is -2.51. The molecule has 3 unspecified atom stereocenters. The summed E-state index contributed by atoms with van der Waals surface area (Å²) in [6.45, 7) is 11.3. The van der Waals surface area contributed by atoms with Crippen LogP contribution in [0.4, 0.5) is 4.79 Å². The zero-order valence-corrected chi connectivity index (χ0v) is 14.6. The van der Waals surface area contributed by atoms with Crippen molar-refractivity contribution in [1.29, 1.82) is 0 Å². The van der Waals surface area contributed by atoms with E-state index in [0.29, 0.717) is 11.5 Å². The van der Waals surface area contributed by atoms with Gasteiger partial charge in [-0.05, 0) is 61.9 Å². The molecule has 2 bridgehead atoms. The Balaban J connectivity index is 1.43. The highest BCUT2D eigenvalue weighted by Gasteiger charge is 2.61. The molecule has 2 N–H and O–H groups in total. The van der Waals surface area contributed by atoms with Crippen molar-refractivity contribution in [1.82, 2.24) is 15.5 Å². The minimum Gasteiger partial charge on any atom is -0.337 e. The highest BCUT2D eigenvalue weighted by Crippen LogP contribution is 2.65. The molecule has 3 fully saturated rings. The van der Waals surface area contributed by atoms with Crippen LogP contribution in [0.2, 0.25) is 0 Å². The van der Waals surface area contributed by atoms with Crippen LogP contribution >= 0.6 is 0 Å². The van der Waals surface area contributed by atoms with E-state index >= 15 is 0 Å². The summed E-state index contributed by atoms with van der Waals surface area (Å²) in [5.74, 6) is 0.774. The number of carbonyl (C=O) groups is 1. The summed E-state index contributed by atoms with van der Waals surface area (Å²) in [5, 5.41) is 6.34. The number of amides is 2. The van der Waals surface area contributed by atoms with Crippen LogP contribution in [0.25, 0.3) is 0 Å². The van der Waals surface area contributed by atoms with Gasteiger partial charge in [-0.3, -0.25) is 0 Å². The summed E-state index contributed by atoms with van der Waals surface area (Å²) in [4.78, 5) is 14.7. The Morgan fingerprint density at radius 3 is 2.50 bits per heavy atom. The maximum absolute atomic E-state index is 12.2. The molecule has 4 nitrogen and oxygen atoms in total. The number of piperidine rings is 1. The van der Waals surface area contributed by atoms with E-state index < -0.39 is 0 Å². The molecule has 1 heterocycles. The Morgan fingerprint density at radius 2 is 1.91 bits per heavy atom. The van der Waals surface area contributed by atoms with Gasteiger partial charge >= 0.3 is 6.03 Å². The van der Waals surface area contributed by atoms with Gasteiger partial charge in [-0.25, -0.2) is 4.79 Å². The van der Waals surface area contributed by atoms with E-state index in [1.54, 1.807) is 0 Å². The predicted molar refractivity (Wildman–Crippen MR) is 89.8 cm³/mol. The van der Waals surface area contributed by atoms with Crippen LogP contribution in [0.1, 0.15) is 59.3 Å². The average Bonchev–Trinajstić information content (AvgIpc) is 2.82. The van der Waals surface area contributed by atoms with E-state index in [2.05, 4.69) is 36.3 Å². The van der Waals surface area contributed by atoms with Crippen LogP contribution in [0.5, 0.6) is 0 Å². The van der Waals surface area contributed by atoms with Crippen LogP contribution in [-0.4, -0.2) is 43.2 Å². The predicted octanol–water partition coefficient (Wildman–Crippen LogP) is 2.99. The van der Waals surface area contributed by atoms with Gasteiger partial charge in [-0.15, -0.1) is 0 Å². The van der Waals surface area contributed by atoms with Crippen molar-refractivity contribution in [2.45, 2.75) is 65.3 Å². The molecular formula is C18H33N3O. The lowest BCUT2D eigenvalue weighted by molar-refractivity contribution is 0.123. The largest absolute Gasteiger partial charge is 0.337 e. The van der Waals surface area contributed by atoms with E-state index in [-0.39, 0.29) is 11.4 Å². The molecule has 22 heavy (non-hydrogen) atoms. The smallest absolute Gasteiger partial charge is 0.315 e. The molecule has 2 saturated carbocycles. The molecule has 2 amide bonds. The molecule has 1 saturated heterocycles. The van der Waals surface area contributed by atoms with Crippen molar-refractivity contribution in [3.8, 4) is 0 Å². The Labute approximate surface area is 135 Å². The van der Waals surface area contributed by atoms with Crippen LogP contribution < -0.4 is 10.6 Å². The van der Waals surface area contributed by atoms with Crippen molar-refractivity contribution in [3.05, 3.63) is 0 Å². The quantitative estimate of drug-likeness (QED) is 0.838. The Bertz CT molecular complexity index is 417. The third-order valence-corrected chi connectivity index (χ3v) is 7.26. The zero-order chi connectivity index (χ0) is 15.8. The highest BCUT2D eigenvalue weighted by molar-refractivity contribution is 5.74. The third kappa shape index (κ3) is 2.75. The number of hydrogen-bond donors (Lipinski definition) is 2. The monoisotopic (exact) mass is 307 g/mol. The molecule has 0 aromatic carbocycles. The lowest BCUT2D eigenvalue weighted by Gasteiger charge is -2.39. The van der Waals surface area contributed by atoms with Crippen molar-refractivity contribution in [3.63, 3.8) is 0 Å². The minimum atomic E-state index is 0.0339. The topological polar surface area (TPSA) is 44.4 Å². The molecule has 0 radical (unpaired) electrons. The maximum Gasteiger partial charge on any atom is 0.315 e. The second kappa shape index (κ2) is 6.03. The number of likely N-dealkylation sites (tertiary alicyclic amines) is 1. The Morgan fingerprint density at radius 1 is 1.18 bits per heavy atom. The summed E-state index contributed by atoms with van der Waals surface area (Å²) in [5.41, 5.74) is 0.626. The zero-order valence-electron chi connectivity index (χ0n) is 14.6. The summed E-state index contributed by atoms with van der Waals surface area (Å²) in [6.07, 6.45) is 7.72. The van der Waals surface area contributed by atoms with E-state index in [0.717, 1.165) is 25.4 Å². The minimum absolute atomic E-state index is 0.0339. The fourth-order valence-electron chi connectivity index (χ4n) is 5.14. The first-order valence-corrected chi connectivity index (χ1v) is 9.20.